The highest BCUT2D eigenvalue weighted by Gasteiger charge is 2.22. The van der Waals surface area contributed by atoms with Crippen LogP contribution in [0.4, 0.5) is 11.4 Å². The van der Waals surface area contributed by atoms with Gasteiger partial charge in [0.05, 0.1) is 41.0 Å². The number of fused-ring (bicyclic) bond motifs is 2. The van der Waals surface area contributed by atoms with Crippen LogP contribution in [0.15, 0.2) is 65.7 Å². The fourth-order valence-corrected chi connectivity index (χ4v) is 4.80. The van der Waals surface area contributed by atoms with Crippen molar-refractivity contribution in [3.8, 4) is 11.4 Å². The van der Waals surface area contributed by atoms with E-state index in [0.717, 1.165) is 40.7 Å². The lowest BCUT2D eigenvalue weighted by Gasteiger charge is -2.32. The molecule has 0 saturated carbocycles. The number of H-pyrrole nitrogens is 2. The zero-order valence-electron chi connectivity index (χ0n) is 20.7. The third-order valence-electron chi connectivity index (χ3n) is 6.56. The van der Waals surface area contributed by atoms with E-state index in [1.165, 1.54) is 0 Å². The second-order valence-electron chi connectivity index (χ2n) is 9.14. The van der Waals surface area contributed by atoms with Gasteiger partial charge in [-0.15, -0.1) is 0 Å². The molecule has 2 aromatic carbocycles. The fourth-order valence-electron chi connectivity index (χ4n) is 4.80. The highest BCUT2D eigenvalue weighted by atomic mass is 32.1. The molecule has 0 radical (unpaired) electrons. The van der Waals surface area contributed by atoms with Crippen LogP contribution in [-0.2, 0) is 4.74 Å². The monoisotopic (exact) mass is 515 g/mol. The Morgan fingerprint density at radius 1 is 1.08 bits per heavy atom. The Bertz CT molecular complexity index is 1600. The van der Waals surface area contributed by atoms with E-state index in [0.29, 0.717) is 29.5 Å². The molecule has 0 aliphatic carbocycles. The van der Waals surface area contributed by atoms with Gasteiger partial charge in [-0.2, -0.15) is 13.5 Å². The Morgan fingerprint density at radius 3 is 2.70 bits per heavy atom. The number of hydrogen-bond acceptors (Lipinski definition) is 7. The van der Waals surface area contributed by atoms with Crippen LogP contribution in [0.1, 0.15) is 25.7 Å². The summed E-state index contributed by atoms with van der Waals surface area (Å²) in [7, 11) is 0. The Balaban J connectivity index is 0.00000280. The summed E-state index contributed by atoms with van der Waals surface area (Å²) in [6, 6.07) is 15.4. The molecule has 1 saturated heterocycles. The highest BCUT2D eigenvalue weighted by molar-refractivity contribution is 7.59. The van der Waals surface area contributed by atoms with Crippen LogP contribution in [0.2, 0.25) is 0 Å². The Kier molecular flexibility index (Phi) is 6.86. The molecular formula is C27H29N7O2S. The van der Waals surface area contributed by atoms with Crippen molar-refractivity contribution in [3.05, 3.63) is 77.1 Å². The summed E-state index contributed by atoms with van der Waals surface area (Å²) in [5, 5.41) is 4.38. The number of aromatic amines is 2. The molecule has 0 unspecified atom stereocenters. The van der Waals surface area contributed by atoms with Gasteiger partial charge in [0.2, 0.25) is 0 Å². The minimum atomic E-state index is -0.227. The van der Waals surface area contributed by atoms with E-state index in [4.69, 9.17) is 9.72 Å². The fraction of sp³-hybridized carbons (Fsp3) is 0.259. The first kappa shape index (κ1) is 24.8. The largest absolute Gasteiger partial charge is 0.375 e. The molecule has 2 atom stereocenters. The van der Waals surface area contributed by atoms with Crippen LogP contribution in [0.3, 0.4) is 0 Å². The quantitative estimate of drug-likeness (QED) is 0.319. The molecule has 190 valence electrons. The molecule has 0 amide bonds. The highest BCUT2D eigenvalue weighted by Crippen LogP contribution is 2.33. The number of benzene rings is 2. The number of rotatable bonds is 5. The molecular weight excluding hydrogens is 486 g/mol. The van der Waals surface area contributed by atoms with Gasteiger partial charge >= 0.3 is 0 Å². The van der Waals surface area contributed by atoms with Gasteiger partial charge in [-0.25, -0.2) is 15.0 Å². The maximum absolute atomic E-state index is 13.4. The van der Waals surface area contributed by atoms with E-state index < -0.39 is 0 Å². The lowest BCUT2D eigenvalue weighted by atomic mass is 10.1. The van der Waals surface area contributed by atoms with Crippen LogP contribution in [-0.4, -0.2) is 50.7 Å². The first-order chi connectivity index (χ1) is 17.6. The normalized spacial score (nSPS) is 16.5. The Hall–Kier alpha value is -3.89. The lowest BCUT2D eigenvalue weighted by molar-refractivity contribution is 0.0532. The SMILES string of the molecule is C[C@H]1CN(c2ccc3nc(-c4c(N[C@H](C)c5ncccn5)c5ccccc5[nH]c4=O)[nH]c3c2)CCO1.S. The van der Waals surface area contributed by atoms with Gasteiger partial charge in [0.1, 0.15) is 17.2 Å². The van der Waals surface area contributed by atoms with Crippen LogP contribution in [0.25, 0.3) is 33.3 Å². The molecule has 4 heterocycles. The van der Waals surface area contributed by atoms with Crippen LogP contribution >= 0.6 is 13.5 Å². The number of nitrogens with zero attached hydrogens (tertiary/aromatic N) is 4. The van der Waals surface area contributed by atoms with Gasteiger partial charge < -0.3 is 24.9 Å². The number of pyridine rings is 1. The molecule has 3 aromatic heterocycles. The molecule has 0 bridgehead atoms. The zero-order valence-corrected chi connectivity index (χ0v) is 21.7. The standard InChI is InChI=1S/C27H27N7O2.H2S/c1-16-15-34(12-13-36-16)18-8-9-21-22(14-18)32-26(31-21)23-24(30-17(2)25-28-10-5-11-29-25)19-6-3-4-7-20(19)33-27(23)35;/h3-11,14,16-17H,12-13,15H2,1-2H3,(H,31,32)(H2,30,33,35);1H2/t16-,17+;/m0./s1. The maximum atomic E-state index is 13.4. The number of morpholine rings is 1. The number of nitrogens with one attached hydrogen (secondary N) is 3. The molecule has 0 spiro atoms. The minimum absolute atomic E-state index is 0. The van der Waals surface area contributed by atoms with Crippen molar-refractivity contribution in [2.75, 3.05) is 29.9 Å². The molecule has 10 heteroatoms. The van der Waals surface area contributed by atoms with E-state index >= 15 is 0 Å². The van der Waals surface area contributed by atoms with Gasteiger partial charge in [0.25, 0.3) is 5.56 Å². The summed E-state index contributed by atoms with van der Waals surface area (Å²) in [5.41, 5.74) is 4.44. The summed E-state index contributed by atoms with van der Waals surface area (Å²) in [6.07, 6.45) is 3.61. The predicted octanol–water partition coefficient (Wildman–Crippen LogP) is 4.37. The summed E-state index contributed by atoms with van der Waals surface area (Å²) in [6.45, 7) is 6.45. The third kappa shape index (κ3) is 4.77. The van der Waals surface area contributed by atoms with Gasteiger partial charge in [0, 0.05) is 36.6 Å². The van der Waals surface area contributed by atoms with E-state index in [1.807, 2.05) is 37.3 Å². The number of anilines is 2. The van der Waals surface area contributed by atoms with Crippen molar-refractivity contribution in [3.63, 3.8) is 0 Å². The first-order valence-electron chi connectivity index (χ1n) is 12.1. The Labute approximate surface area is 220 Å². The van der Waals surface area contributed by atoms with Crippen molar-refractivity contribution in [2.24, 2.45) is 0 Å². The van der Waals surface area contributed by atoms with E-state index in [2.05, 4.69) is 49.2 Å². The molecule has 9 nitrogen and oxygen atoms in total. The number of ether oxygens (including phenoxy) is 1. The van der Waals surface area contributed by atoms with Crippen LogP contribution in [0, 0.1) is 0 Å². The van der Waals surface area contributed by atoms with Crippen molar-refractivity contribution in [2.45, 2.75) is 26.0 Å². The van der Waals surface area contributed by atoms with E-state index in [-0.39, 0.29) is 31.2 Å². The smallest absolute Gasteiger partial charge is 0.261 e. The summed E-state index contributed by atoms with van der Waals surface area (Å²) >= 11 is 0. The van der Waals surface area contributed by atoms with Crippen molar-refractivity contribution >= 4 is 46.8 Å². The molecule has 3 N–H and O–H groups in total. The Morgan fingerprint density at radius 2 is 1.89 bits per heavy atom. The van der Waals surface area contributed by atoms with Gasteiger partial charge in [-0.05, 0) is 44.2 Å². The number of aromatic nitrogens is 5. The van der Waals surface area contributed by atoms with Gasteiger partial charge in [-0.3, -0.25) is 4.79 Å². The summed E-state index contributed by atoms with van der Waals surface area (Å²) in [5.74, 6) is 1.15. The predicted molar refractivity (Wildman–Crippen MR) is 152 cm³/mol. The second kappa shape index (κ2) is 10.2. The van der Waals surface area contributed by atoms with Crippen LogP contribution < -0.4 is 15.8 Å². The molecule has 1 aliphatic heterocycles. The topological polar surface area (TPSA) is 112 Å². The molecule has 1 aliphatic rings. The van der Waals surface area contributed by atoms with Crippen LogP contribution in [0.5, 0.6) is 0 Å². The average molecular weight is 516 g/mol. The van der Waals surface area contributed by atoms with Gasteiger partial charge in [-0.1, -0.05) is 18.2 Å². The first-order valence-corrected chi connectivity index (χ1v) is 12.1. The zero-order chi connectivity index (χ0) is 24.6. The second-order valence-corrected chi connectivity index (χ2v) is 9.14. The van der Waals surface area contributed by atoms with Crippen molar-refractivity contribution in [1.82, 2.24) is 24.9 Å². The summed E-state index contributed by atoms with van der Waals surface area (Å²) < 4.78 is 5.69. The maximum Gasteiger partial charge on any atom is 0.261 e. The number of imidazole rings is 1. The molecule has 5 aromatic rings. The minimum Gasteiger partial charge on any atom is -0.375 e. The third-order valence-corrected chi connectivity index (χ3v) is 6.56. The number of hydrogen-bond donors (Lipinski definition) is 3. The van der Waals surface area contributed by atoms with Crippen molar-refractivity contribution < 1.29 is 4.74 Å². The lowest BCUT2D eigenvalue weighted by Crippen LogP contribution is -2.41. The van der Waals surface area contributed by atoms with Gasteiger partial charge in [0.15, 0.2) is 0 Å². The molecule has 1 fully saturated rings. The summed E-state index contributed by atoms with van der Waals surface area (Å²) in [4.78, 5) is 35.7. The average Bonchev–Trinajstić information content (AvgIpc) is 3.32. The molecule has 37 heavy (non-hydrogen) atoms. The molecule has 6 rings (SSSR count). The number of para-hydroxylation sites is 1. The van der Waals surface area contributed by atoms with E-state index in [1.54, 1.807) is 18.5 Å². The van der Waals surface area contributed by atoms with Crippen molar-refractivity contribution in [1.29, 1.82) is 0 Å². The van der Waals surface area contributed by atoms with E-state index in [9.17, 15) is 4.79 Å².